The fraction of sp³-hybridized carbons (Fsp3) is 0.692. The third-order valence-electron chi connectivity index (χ3n) is 3.08. The van der Waals surface area contributed by atoms with Crippen molar-refractivity contribution >= 4 is 40.0 Å². The van der Waals surface area contributed by atoms with Crippen LogP contribution in [0, 0.1) is 0 Å². The number of hydrogen-bond acceptors (Lipinski definition) is 7. The maximum Gasteiger partial charge on any atom is 0.265 e. The number of anilines is 2. The lowest BCUT2D eigenvalue weighted by molar-refractivity contribution is 0.0948. The van der Waals surface area contributed by atoms with Crippen molar-refractivity contribution in [1.29, 1.82) is 0 Å². The first kappa shape index (κ1) is 16.4. The van der Waals surface area contributed by atoms with Gasteiger partial charge in [-0.1, -0.05) is 18.3 Å². The van der Waals surface area contributed by atoms with Crippen molar-refractivity contribution in [3.8, 4) is 0 Å². The molecule has 6 nitrogen and oxygen atoms in total. The Labute approximate surface area is 133 Å². The highest BCUT2D eigenvalue weighted by atomic mass is 32.2. The summed E-state index contributed by atoms with van der Waals surface area (Å²) in [7, 11) is 0. The number of nitrogens with zero attached hydrogens (tertiary/aromatic N) is 2. The van der Waals surface area contributed by atoms with Crippen LogP contribution in [0.15, 0.2) is 0 Å². The number of carbonyl (C=O) groups is 1. The zero-order valence-corrected chi connectivity index (χ0v) is 14.1. The first-order valence-corrected chi connectivity index (χ1v) is 9.06. The predicted octanol–water partition coefficient (Wildman–Crippen LogP) is 1.43. The zero-order chi connectivity index (χ0) is 15.2. The Morgan fingerprint density at radius 3 is 2.95 bits per heavy atom. The van der Waals surface area contributed by atoms with E-state index in [9.17, 15) is 4.79 Å². The Bertz CT molecular complexity index is 475. The molecule has 1 aromatic rings. The summed E-state index contributed by atoms with van der Waals surface area (Å²) in [4.78, 5) is 19.2. The van der Waals surface area contributed by atoms with E-state index in [1.807, 2.05) is 6.92 Å². The molecule has 1 aliphatic rings. The fourth-order valence-corrected chi connectivity index (χ4v) is 3.61. The van der Waals surface area contributed by atoms with Gasteiger partial charge in [0.1, 0.15) is 10.7 Å². The number of ether oxygens (including phenoxy) is 1. The second-order valence-corrected chi connectivity index (χ2v) is 7.14. The number of carbonyl (C=O) groups excluding carboxylic acids is 1. The Morgan fingerprint density at radius 2 is 2.29 bits per heavy atom. The van der Waals surface area contributed by atoms with Gasteiger partial charge in [-0.05, 0) is 12.7 Å². The molecular formula is C13H22N4O2S2. The number of aromatic nitrogens is 1. The summed E-state index contributed by atoms with van der Waals surface area (Å²) < 4.78 is 5.32. The van der Waals surface area contributed by atoms with Gasteiger partial charge in [-0.3, -0.25) is 4.79 Å². The molecule has 0 aromatic carbocycles. The van der Waals surface area contributed by atoms with E-state index >= 15 is 0 Å². The average molecular weight is 330 g/mol. The lowest BCUT2D eigenvalue weighted by Crippen LogP contribution is -2.36. The summed E-state index contributed by atoms with van der Waals surface area (Å²) in [6, 6.07) is 0.121. The summed E-state index contributed by atoms with van der Waals surface area (Å²) in [5.74, 6) is 2.13. The summed E-state index contributed by atoms with van der Waals surface area (Å²) in [6.07, 6.45) is 0. The molecule has 21 heavy (non-hydrogen) atoms. The van der Waals surface area contributed by atoms with Gasteiger partial charge in [0.05, 0.1) is 13.2 Å². The van der Waals surface area contributed by atoms with E-state index in [0.29, 0.717) is 23.9 Å². The molecule has 0 aliphatic carbocycles. The number of nitrogens with two attached hydrogens (primary N) is 1. The Hall–Kier alpha value is -0.990. The number of amides is 1. The van der Waals surface area contributed by atoms with E-state index in [4.69, 9.17) is 10.5 Å². The van der Waals surface area contributed by atoms with Gasteiger partial charge in [0.15, 0.2) is 5.13 Å². The first-order chi connectivity index (χ1) is 10.1. The highest BCUT2D eigenvalue weighted by Gasteiger charge is 2.21. The number of morpholine rings is 1. The standard InChI is InChI=1S/C13H22N4O2S2/c1-3-20-8-9(2)15-12(18)10-11(14)16-13(21-10)17-4-6-19-7-5-17/h9H,3-8,14H2,1-2H3,(H,15,18). The number of thiazole rings is 1. The van der Waals surface area contributed by atoms with E-state index in [1.165, 1.54) is 11.3 Å². The van der Waals surface area contributed by atoms with Gasteiger partial charge in [-0.15, -0.1) is 0 Å². The van der Waals surface area contributed by atoms with Crippen molar-refractivity contribution < 1.29 is 9.53 Å². The summed E-state index contributed by atoms with van der Waals surface area (Å²) in [5.41, 5.74) is 5.90. The molecule has 0 bridgehead atoms. The Balaban J connectivity index is 1.99. The molecule has 1 unspecified atom stereocenters. The Kier molecular flexibility index (Phi) is 6.13. The summed E-state index contributed by atoms with van der Waals surface area (Å²) >= 11 is 3.16. The normalized spacial score (nSPS) is 16.8. The van der Waals surface area contributed by atoms with Crippen LogP contribution < -0.4 is 16.0 Å². The van der Waals surface area contributed by atoms with E-state index in [2.05, 4.69) is 22.1 Å². The van der Waals surface area contributed by atoms with E-state index in [1.54, 1.807) is 11.8 Å². The van der Waals surface area contributed by atoms with Crippen LogP contribution in [0.1, 0.15) is 23.5 Å². The van der Waals surface area contributed by atoms with Crippen LogP contribution in [0.4, 0.5) is 10.9 Å². The lowest BCUT2D eigenvalue weighted by atomic mass is 10.3. The van der Waals surface area contributed by atoms with Crippen LogP contribution >= 0.6 is 23.1 Å². The van der Waals surface area contributed by atoms with Gasteiger partial charge < -0.3 is 20.7 Å². The van der Waals surface area contributed by atoms with E-state index < -0.39 is 0 Å². The molecule has 0 saturated carbocycles. The van der Waals surface area contributed by atoms with Crippen LogP contribution in [0.3, 0.4) is 0 Å². The van der Waals surface area contributed by atoms with Gasteiger partial charge in [0.2, 0.25) is 0 Å². The van der Waals surface area contributed by atoms with Gasteiger partial charge in [0, 0.05) is 24.9 Å². The van der Waals surface area contributed by atoms with Crippen molar-refractivity contribution in [3.05, 3.63) is 4.88 Å². The van der Waals surface area contributed by atoms with Crippen molar-refractivity contribution in [2.45, 2.75) is 19.9 Å². The monoisotopic (exact) mass is 330 g/mol. The molecule has 1 aliphatic heterocycles. The van der Waals surface area contributed by atoms with Crippen LogP contribution in [0.25, 0.3) is 0 Å². The SMILES string of the molecule is CCSCC(C)NC(=O)c1sc(N2CCOCC2)nc1N. The first-order valence-electron chi connectivity index (χ1n) is 7.09. The average Bonchev–Trinajstić information content (AvgIpc) is 2.88. The molecule has 0 spiro atoms. The minimum atomic E-state index is -0.131. The summed E-state index contributed by atoms with van der Waals surface area (Å²) in [6.45, 7) is 7.06. The zero-order valence-electron chi connectivity index (χ0n) is 12.4. The highest BCUT2D eigenvalue weighted by molar-refractivity contribution is 7.99. The molecule has 2 rings (SSSR count). The van der Waals surface area contributed by atoms with Crippen LogP contribution in [0.5, 0.6) is 0 Å². The molecule has 3 N–H and O–H groups in total. The fourth-order valence-electron chi connectivity index (χ4n) is 2.00. The van der Waals surface area contributed by atoms with Gasteiger partial charge in [-0.25, -0.2) is 4.98 Å². The van der Waals surface area contributed by atoms with Gasteiger partial charge >= 0.3 is 0 Å². The predicted molar refractivity (Wildman–Crippen MR) is 89.5 cm³/mol. The smallest absolute Gasteiger partial charge is 0.265 e. The third kappa shape index (κ3) is 4.49. The van der Waals surface area contributed by atoms with Crippen LogP contribution in [0.2, 0.25) is 0 Å². The maximum absolute atomic E-state index is 12.3. The van der Waals surface area contributed by atoms with Crippen molar-refractivity contribution in [2.75, 3.05) is 48.4 Å². The minimum absolute atomic E-state index is 0.121. The summed E-state index contributed by atoms with van der Waals surface area (Å²) in [5, 5.41) is 3.78. The second-order valence-electron chi connectivity index (χ2n) is 4.84. The molecule has 1 aromatic heterocycles. The van der Waals surface area contributed by atoms with Crippen LogP contribution in [-0.2, 0) is 4.74 Å². The topological polar surface area (TPSA) is 80.5 Å². The molecule has 1 amide bonds. The number of thioether (sulfide) groups is 1. The molecule has 118 valence electrons. The molecule has 1 saturated heterocycles. The minimum Gasteiger partial charge on any atom is -0.382 e. The van der Waals surface area contributed by atoms with Gasteiger partial charge in [0.25, 0.3) is 5.91 Å². The van der Waals surface area contributed by atoms with Gasteiger partial charge in [-0.2, -0.15) is 11.8 Å². The molecule has 2 heterocycles. The molecule has 1 atom stereocenters. The number of nitrogen functional groups attached to an aromatic ring is 1. The Morgan fingerprint density at radius 1 is 1.57 bits per heavy atom. The molecule has 0 radical (unpaired) electrons. The largest absolute Gasteiger partial charge is 0.382 e. The van der Waals surface area contributed by atoms with Crippen LogP contribution in [-0.4, -0.2) is 54.7 Å². The lowest BCUT2D eigenvalue weighted by Gasteiger charge is -2.25. The molecule has 8 heteroatoms. The quantitative estimate of drug-likeness (QED) is 0.821. The third-order valence-corrected chi connectivity index (χ3v) is 5.35. The van der Waals surface area contributed by atoms with E-state index in [-0.39, 0.29) is 11.9 Å². The second kappa shape index (κ2) is 7.86. The van der Waals surface area contributed by atoms with Crippen molar-refractivity contribution in [1.82, 2.24) is 10.3 Å². The van der Waals surface area contributed by atoms with Crippen molar-refractivity contribution in [2.24, 2.45) is 0 Å². The highest BCUT2D eigenvalue weighted by Crippen LogP contribution is 2.28. The molecule has 1 fully saturated rings. The van der Waals surface area contributed by atoms with Crippen molar-refractivity contribution in [3.63, 3.8) is 0 Å². The molecular weight excluding hydrogens is 308 g/mol. The number of nitrogens with one attached hydrogen (secondary N) is 1. The number of hydrogen-bond donors (Lipinski definition) is 2. The number of rotatable bonds is 6. The maximum atomic E-state index is 12.3. The van der Waals surface area contributed by atoms with E-state index in [0.717, 1.165) is 29.7 Å².